The van der Waals surface area contributed by atoms with Gasteiger partial charge in [-0.2, -0.15) is 0 Å². The summed E-state index contributed by atoms with van der Waals surface area (Å²) in [5.74, 6) is 0.809. The van der Waals surface area contributed by atoms with Crippen LogP contribution in [-0.2, 0) is 9.47 Å². The topological polar surface area (TPSA) is 38.8 Å². The maximum Gasteiger partial charge on any atom is 0.337 e. The van der Waals surface area contributed by atoms with Gasteiger partial charge in [-0.3, -0.25) is 4.90 Å². The molecule has 0 N–H and O–H groups in total. The molecule has 1 saturated heterocycles. The zero-order valence-electron chi connectivity index (χ0n) is 11.8. The van der Waals surface area contributed by atoms with Crippen molar-refractivity contribution >= 4 is 17.7 Å². The summed E-state index contributed by atoms with van der Waals surface area (Å²) >= 11 is 1.83. The van der Waals surface area contributed by atoms with E-state index in [1.807, 2.05) is 36.0 Å². The fraction of sp³-hybridized carbons (Fsp3) is 0.533. The number of rotatable bonds is 6. The van der Waals surface area contributed by atoms with E-state index in [1.54, 1.807) is 0 Å². The maximum atomic E-state index is 11.3. The lowest BCUT2D eigenvalue weighted by Gasteiger charge is -2.26. The molecular weight excluding hydrogens is 274 g/mol. The molecule has 5 heteroatoms. The number of carbonyl (C=O) groups is 1. The molecule has 4 nitrogen and oxygen atoms in total. The zero-order valence-corrected chi connectivity index (χ0v) is 12.7. The van der Waals surface area contributed by atoms with Crippen LogP contribution in [0, 0.1) is 0 Å². The lowest BCUT2D eigenvalue weighted by molar-refractivity contribution is 0.0381. The average Bonchev–Trinajstić information content (AvgIpc) is 2.52. The normalized spacial score (nSPS) is 16.1. The van der Waals surface area contributed by atoms with Crippen molar-refractivity contribution < 1.29 is 14.3 Å². The van der Waals surface area contributed by atoms with E-state index in [2.05, 4.69) is 9.64 Å². The van der Waals surface area contributed by atoms with E-state index in [4.69, 9.17) is 4.74 Å². The molecule has 0 radical (unpaired) electrons. The van der Waals surface area contributed by atoms with Crippen LogP contribution in [0.4, 0.5) is 0 Å². The summed E-state index contributed by atoms with van der Waals surface area (Å²) in [6.45, 7) is 4.97. The minimum absolute atomic E-state index is 0.283. The van der Waals surface area contributed by atoms with Crippen molar-refractivity contribution in [2.45, 2.75) is 11.3 Å². The molecule has 0 spiro atoms. The number of methoxy groups -OCH3 is 1. The Morgan fingerprint density at radius 1 is 1.30 bits per heavy atom. The van der Waals surface area contributed by atoms with E-state index in [0.29, 0.717) is 5.56 Å². The van der Waals surface area contributed by atoms with E-state index >= 15 is 0 Å². The first-order valence-electron chi connectivity index (χ1n) is 6.91. The van der Waals surface area contributed by atoms with E-state index in [0.717, 1.165) is 38.6 Å². The van der Waals surface area contributed by atoms with Gasteiger partial charge in [-0.25, -0.2) is 4.79 Å². The van der Waals surface area contributed by atoms with Gasteiger partial charge in [0.15, 0.2) is 0 Å². The van der Waals surface area contributed by atoms with Crippen molar-refractivity contribution in [3.8, 4) is 0 Å². The van der Waals surface area contributed by atoms with Crippen molar-refractivity contribution in [1.82, 2.24) is 4.90 Å². The summed E-state index contributed by atoms with van der Waals surface area (Å²) in [4.78, 5) is 15.0. The first-order valence-corrected chi connectivity index (χ1v) is 7.89. The monoisotopic (exact) mass is 295 g/mol. The fourth-order valence-electron chi connectivity index (χ4n) is 2.11. The van der Waals surface area contributed by atoms with Crippen LogP contribution >= 0.6 is 11.8 Å². The molecule has 0 aliphatic carbocycles. The molecule has 20 heavy (non-hydrogen) atoms. The highest BCUT2D eigenvalue weighted by Crippen LogP contribution is 2.19. The van der Waals surface area contributed by atoms with Crippen LogP contribution < -0.4 is 0 Å². The minimum atomic E-state index is -0.283. The number of benzene rings is 1. The van der Waals surface area contributed by atoms with Crippen LogP contribution in [-0.4, -0.2) is 56.6 Å². The van der Waals surface area contributed by atoms with Gasteiger partial charge in [-0.15, -0.1) is 11.8 Å². The zero-order chi connectivity index (χ0) is 14.2. The minimum Gasteiger partial charge on any atom is -0.465 e. The Hall–Kier alpha value is -1.04. The number of hydrogen-bond donors (Lipinski definition) is 0. The molecule has 1 fully saturated rings. The van der Waals surface area contributed by atoms with E-state index in [1.165, 1.54) is 18.4 Å². The molecule has 0 unspecified atom stereocenters. The number of hydrogen-bond acceptors (Lipinski definition) is 5. The molecule has 0 bridgehead atoms. The molecule has 1 aliphatic heterocycles. The second-order valence-electron chi connectivity index (χ2n) is 4.67. The number of morpholine rings is 1. The highest BCUT2D eigenvalue weighted by atomic mass is 32.2. The molecule has 1 heterocycles. The van der Waals surface area contributed by atoms with Gasteiger partial charge in [0, 0.05) is 18.0 Å². The second-order valence-corrected chi connectivity index (χ2v) is 5.84. The van der Waals surface area contributed by atoms with E-state index in [-0.39, 0.29) is 5.97 Å². The van der Waals surface area contributed by atoms with Crippen molar-refractivity contribution in [3.05, 3.63) is 29.8 Å². The lowest BCUT2D eigenvalue weighted by Crippen LogP contribution is -2.36. The van der Waals surface area contributed by atoms with E-state index < -0.39 is 0 Å². The van der Waals surface area contributed by atoms with Gasteiger partial charge < -0.3 is 9.47 Å². The molecule has 1 aromatic rings. The summed E-state index contributed by atoms with van der Waals surface area (Å²) in [5.41, 5.74) is 0.602. The van der Waals surface area contributed by atoms with Crippen LogP contribution in [0.25, 0.3) is 0 Å². The van der Waals surface area contributed by atoms with Crippen molar-refractivity contribution in [3.63, 3.8) is 0 Å². The van der Waals surface area contributed by atoms with Crippen LogP contribution in [0.2, 0.25) is 0 Å². The van der Waals surface area contributed by atoms with Crippen LogP contribution in [0.1, 0.15) is 16.8 Å². The number of carbonyl (C=O) groups excluding carboxylic acids is 1. The number of nitrogens with zero attached hydrogens (tertiary/aromatic N) is 1. The summed E-state index contributed by atoms with van der Waals surface area (Å²) in [7, 11) is 1.40. The molecular formula is C15H21NO3S. The van der Waals surface area contributed by atoms with Gasteiger partial charge >= 0.3 is 5.97 Å². The molecule has 0 amide bonds. The summed E-state index contributed by atoms with van der Waals surface area (Å²) < 4.78 is 10.0. The van der Waals surface area contributed by atoms with Gasteiger partial charge in [-0.1, -0.05) is 0 Å². The van der Waals surface area contributed by atoms with Gasteiger partial charge in [0.25, 0.3) is 0 Å². The standard InChI is InChI=1S/C15H21NO3S/c1-18-15(17)13-3-5-14(6-4-13)20-12-2-7-16-8-10-19-11-9-16/h3-6H,2,7-12H2,1H3. The van der Waals surface area contributed by atoms with Gasteiger partial charge in [0.2, 0.25) is 0 Å². The predicted molar refractivity (Wildman–Crippen MR) is 80.4 cm³/mol. The molecule has 2 rings (SSSR count). The smallest absolute Gasteiger partial charge is 0.337 e. The molecule has 110 valence electrons. The predicted octanol–water partition coefficient (Wildman–Crippen LogP) is 2.29. The Morgan fingerprint density at radius 2 is 2.00 bits per heavy atom. The Labute approximate surface area is 124 Å². The lowest BCUT2D eigenvalue weighted by atomic mass is 10.2. The highest BCUT2D eigenvalue weighted by Gasteiger charge is 2.09. The van der Waals surface area contributed by atoms with Crippen LogP contribution in [0.5, 0.6) is 0 Å². The molecule has 0 atom stereocenters. The van der Waals surface area contributed by atoms with Gasteiger partial charge in [0.1, 0.15) is 0 Å². The van der Waals surface area contributed by atoms with Gasteiger partial charge in [0.05, 0.1) is 25.9 Å². The van der Waals surface area contributed by atoms with Crippen LogP contribution in [0.15, 0.2) is 29.2 Å². The summed E-state index contributed by atoms with van der Waals surface area (Å²) in [6.07, 6.45) is 1.17. The molecule has 1 aliphatic rings. The largest absolute Gasteiger partial charge is 0.465 e. The Morgan fingerprint density at radius 3 is 2.65 bits per heavy atom. The summed E-state index contributed by atoms with van der Waals surface area (Å²) in [5, 5.41) is 0. The van der Waals surface area contributed by atoms with Crippen molar-refractivity contribution in [2.75, 3.05) is 45.7 Å². The van der Waals surface area contributed by atoms with Crippen molar-refractivity contribution in [2.24, 2.45) is 0 Å². The maximum absolute atomic E-state index is 11.3. The molecule has 0 aromatic heterocycles. The van der Waals surface area contributed by atoms with Gasteiger partial charge in [-0.05, 0) is 43.0 Å². The second kappa shape index (κ2) is 8.29. The average molecular weight is 295 g/mol. The highest BCUT2D eigenvalue weighted by molar-refractivity contribution is 7.99. The Bertz CT molecular complexity index is 416. The Balaban J connectivity index is 1.67. The third-order valence-corrected chi connectivity index (χ3v) is 4.36. The number of ether oxygens (including phenoxy) is 2. The number of thioether (sulfide) groups is 1. The first kappa shape index (κ1) is 15.4. The van der Waals surface area contributed by atoms with E-state index in [9.17, 15) is 4.79 Å². The third kappa shape index (κ3) is 4.81. The third-order valence-electron chi connectivity index (χ3n) is 3.27. The molecule has 1 aromatic carbocycles. The number of esters is 1. The van der Waals surface area contributed by atoms with Crippen LogP contribution in [0.3, 0.4) is 0 Å². The Kier molecular flexibility index (Phi) is 6.36. The fourth-order valence-corrected chi connectivity index (χ4v) is 2.95. The first-order chi connectivity index (χ1) is 9.79. The SMILES string of the molecule is COC(=O)c1ccc(SCCCN2CCOCC2)cc1. The van der Waals surface area contributed by atoms with Crippen molar-refractivity contribution in [1.29, 1.82) is 0 Å². The summed E-state index contributed by atoms with van der Waals surface area (Å²) in [6, 6.07) is 7.59. The quantitative estimate of drug-likeness (QED) is 0.457. The molecule has 0 saturated carbocycles.